The second kappa shape index (κ2) is 6.14. The lowest BCUT2D eigenvalue weighted by atomic mass is 9.80. The zero-order valence-electron chi connectivity index (χ0n) is 13.6. The number of phenolic OH excluding ortho intramolecular Hbond substituents is 1. The SMILES string of the molecule is COCOc1cc(O)c(C(C)=O)c2c1C(C)(C)C(COC)O2. The van der Waals surface area contributed by atoms with Gasteiger partial charge in [0.25, 0.3) is 0 Å². The maximum atomic E-state index is 11.9. The first-order chi connectivity index (χ1) is 10.3. The second-order valence-corrected chi connectivity index (χ2v) is 5.86. The van der Waals surface area contributed by atoms with Crippen LogP contribution in [0.25, 0.3) is 0 Å². The number of carbonyl (C=O) groups excluding carboxylic acids is 1. The van der Waals surface area contributed by atoms with E-state index in [2.05, 4.69) is 0 Å². The van der Waals surface area contributed by atoms with Crippen molar-refractivity contribution in [1.29, 1.82) is 0 Å². The minimum absolute atomic E-state index is 0.0380. The lowest BCUT2D eigenvalue weighted by Gasteiger charge is -2.26. The van der Waals surface area contributed by atoms with Crippen LogP contribution in [0.3, 0.4) is 0 Å². The third kappa shape index (κ3) is 2.64. The van der Waals surface area contributed by atoms with Gasteiger partial charge in [-0.2, -0.15) is 0 Å². The fourth-order valence-electron chi connectivity index (χ4n) is 2.77. The summed E-state index contributed by atoms with van der Waals surface area (Å²) in [7, 11) is 3.10. The lowest BCUT2D eigenvalue weighted by molar-refractivity contribution is 0.0469. The van der Waals surface area contributed by atoms with Gasteiger partial charge >= 0.3 is 0 Å². The van der Waals surface area contributed by atoms with E-state index in [4.69, 9.17) is 18.9 Å². The molecule has 0 radical (unpaired) electrons. The van der Waals surface area contributed by atoms with Crippen molar-refractivity contribution in [3.63, 3.8) is 0 Å². The molecule has 1 aliphatic heterocycles. The topological polar surface area (TPSA) is 74.2 Å². The van der Waals surface area contributed by atoms with Crippen molar-refractivity contribution in [3.8, 4) is 17.2 Å². The Labute approximate surface area is 129 Å². The standard InChI is InChI=1S/C16H22O6/c1-9(17)13-10(18)6-11(21-8-20-5)14-15(13)22-12(7-19-4)16(14,2)3/h6,12,18H,7-8H2,1-5H3. The minimum atomic E-state index is -0.438. The molecule has 0 amide bonds. The molecule has 6 nitrogen and oxygen atoms in total. The molecule has 122 valence electrons. The fourth-order valence-corrected chi connectivity index (χ4v) is 2.77. The van der Waals surface area contributed by atoms with Crippen molar-refractivity contribution in [2.45, 2.75) is 32.3 Å². The van der Waals surface area contributed by atoms with Gasteiger partial charge in [0, 0.05) is 31.3 Å². The van der Waals surface area contributed by atoms with Crippen LogP contribution in [0.1, 0.15) is 36.7 Å². The average Bonchev–Trinajstić information content (AvgIpc) is 2.67. The normalized spacial score (nSPS) is 18.7. The molecule has 1 atom stereocenters. The van der Waals surface area contributed by atoms with Crippen molar-refractivity contribution in [2.75, 3.05) is 27.6 Å². The van der Waals surface area contributed by atoms with Crippen LogP contribution in [0.15, 0.2) is 6.07 Å². The highest BCUT2D eigenvalue weighted by molar-refractivity contribution is 6.01. The average molecular weight is 310 g/mol. The van der Waals surface area contributed by atoms with Gasteiger partial charge in [0.1, 0.15) is 28.9 Å². The van der Waals surface area contributed by atoms with Gasteiger partial charge in [0.05, 0.1) is 6.61 Å². The van der Waals surface area contributed by atoms with E-state index in [0.717, 1.165) is 5.56 Å². The summed E-state index contributed by atoms with van der Waals surface area (Å²) in [5.41, 5.74) is 0.479. The third-order valence-electron chi connectivity index (χ3n) is 3.94. The van der Waals surface area contributed by atoms with E-state index < -0.39 is 5.41 Å². The van der Waals surface area contributed by atoms with Crippen LogP contribution < -0.4 is 9.47 Å². The number of fused-ring (bicyclic) bond motifs is 1. The summed E-state index contributed by atoms with van der Waals surface area (Å²) in [6, 6.07) is 1.44. The summed E-state index contributed by atoms with van der Waals surface area (Å²) in [6.45, 7) is 5.77. The highest BCUT2D eigenvalue weighted by Crippen LogP contribution is 2.52. The van der Waals surface area contributed by atoms with Gasteiger partial charge in [-0.25, -0.2) is 0 Å². The Kier molecular flexibility index (Phi) is 4.63. The number of hydrogen-bond acceptors (Lipinski definition) is 6. The van der Waals surface area contributed by atoms with E-state index in [1.807, 2.05) is 13.8 Å². The fraction of sp³-hybridized carbons (Fsp3) is 0.562. The molecule has 6 heteroatoms. The number of rotatable bonds is 6. The van der Waals surface area contributed by atoms with Crippen molar-refractivity contribution < 1.29 is 28.8 Å². The quantitative estimate of drug-likeness (QED) is 0.642. The number of Topliss-reactive ketones (excluding diaryl/α,β-unsaturated/α-hetero) is 1. The first-order valence-corrected chi connectivity index (χ1v) is 7.03. The molecular weight excluding hydrogens is 288 g/mol. The maximum absolute atomic E-state index is 11.9. The molecule has 1 aromatic rings. The zero-order valence-corrected chi connectivity index (χ0v) is 13.6. The number of ketones is 1. The Bertz CT molecular complexity index is 578. The second-order valence-electron chi connectivity index (χ2n) is 5.86. The van der Waals surface area contributed by atoms with E-state index in [1.165, 1.54) is 20.1 Å². The van der Waals surface area contributed by atoms with Gasteiger partial charge in [-0.1, -0.05) is 13.8 Å². The van der Waals surface area contributed by atoms with Crippen LogP contribution >= 0.6 is 0 Å². The molecule has 0 saturated carbocycles. The van der Waals surface area contributed by atoms with E-state index >= 15 is 0 Å². The molecule has 1 unspecified atom stereocenters. The predicted molar refractivity (Wildman–Crippen MR) is 79.9 cm³/mol. The molecule has 0 saturated heterocycles. The highest BCUT2D eigenvalue weighted by Gasteiger charge is 2.46. The number of methoxy groups -OCH3 is 2. The molecule has 1 aromatic carbocycles. The highest BCUT2D eigenvalue weighted by atomic mass is 16.7. The van der Waals surface area contributed by atoms with Crippen LogP contribution in [-0.4, -0.2) is 44.6 Å². The van der Waals surface area contributed by atoms with E-state index in [9.17, 15) is 9.90 Å². The summed E-state index contributed by atoms with van der Waals surface area (Å²) in [4.78, 5) is 11.9. The number of aromatic hydroxyl groups is 1. The number of benzene rings is 1. The molecule has 1 aliphatic rings. The van der Waals surface area contributed by atoms with Gasteiger partial charge in [-0.3, -0.25) is 4.79 Å². The van der Waals surface area contributed by atoms with Crippen molar-refractivity contribution >= 4 is 5.78 Å². The summed E-state index contributed by atoms with van der Waals surface area (Å²) < 4.78 is 21.6. The third-order valence-corrected chi connectivity index (χ3v) is 3.94. The summed E-state index contributed by atoms with van der Waals surface area (Å²) in [6.07, 6.45) is -0.280. The van der Waals surface area contributed by atoms with E-state index in [1.54, 1.807) is 7.11 Å². The van der Waals surface area contributed by atoms with Crippen LogP contribution in [0.5, 0.6) is 17.2 Å². The first kappa shape index (κ1) is 16.6. The molecule has 1 heterocycles. The molecule has 0 bridgehead atoms. The number of phenols is 1. The first-order valence-electron chi connectivity index (χ1n) is 7.03. The van der Waals surface area contributed by atoms with Gasteiger partial charge < -0.3 is 24.1 Å². The Morgan fingerprint density at radius 1 is 1.36 bits per heavy atom. The Hall–Kier alpha value is -1.79. The number of hydrogen-bond donors (Lipinski definition) is 1. The lowest BCUT2D eigenvalue weighted by Crippen LogP contribution is -2.36. The molecule has 0 spiro atoms. The maximum Gasteiger partial charge on any atom is 0.188 e. The van der Waals surface area contributed by atoms with Gasteiger partial charge in [0.2, 0.25) is 0 Å². The van der Waals surface area contributed by atoms with E-state index in [0.29, 0.717) is 18.1 Å². The largest absolute Gasteiger partial charge is 0.507 e. The molecule has 2 rings (SSSR count). The van der Waals surface area contributed by atoms with Crippen LogP contribution in [-0.2, 0) is 14.9 Å². The van der Waals surface area contributed by atoms with Gasteiger partial charge in [0.15, 0.2) is 12.6 Å². The Morgan fingerprint density at radius 3 is 2.59 bits per heavy atom. The van der Waals surface area contributed by atoms with Gasteiger partial charge in [-0.05, 0) is 6.92 Å². The summed E-state index contributed by atoms with van der Waals surface area (Å²) >= 11 is 0. The molecule has 22 heavy (non-hydrogen) atoms. The van der Waals surface area contributed by atoms with E-state index in [-0.39, 0.29) is 30.0 Å². The summed E-state index contributed by atoms with van der Waals surface area (Å²) in [5.74, 6) is 0.390. The van der Waals surface area contributed by atoms with Crippen LogP contribution in [0, 0.1) is 0 Å². The minimum Gasteiger partial charge on any atom is -0.507 e. The smallest absolute Gasteiger partial charge is 0.188 e. The molecule has 0 aromatic heterocycles. The monoisotopic (exact) mass is 310 g/mol. The Morgan fingerprint density at radius 2 is 2.05 bits per heavy atom. The predicted octanol–water partition coefficient (Wildman–Crippen LogP) is 2.26. The molecule has 0 fully saturated rings. The number of ether oxygens (including phenoxy) is 4. The van der Waals surface area contributed by atoms with Crippen molar-refractivity contribution in [3.05, 3.63) is 17.2 Å². The van der Waals surface area contributed by atoms with Crippen LogP contribution in [0.4, 0.5) is 0 Å². The van der Waals surface area contributed by atoms with Crippen molar-refractivity contribution in [2.24, 2.45) is 0 Å². The van der Waals surface area contributed by atoms with Gasteiger partial charge in [-0.15, -0.1) is 0 Å². The van der Waals surface area contributed by atoms with Crippen LogP contribution in [0.2, 0.25) is 0 Å². The Balaban J connectivity index is 2.62. The summed E-state index contributed by atoms with van der Waals surface area (Å²) in [5, 5.41) is 10.2. The molecule has 1 N–H and O–H groups in total. The molecule has 0 aliphatic carbocycles. The molecular formula is C16H22O6. The van der Waals surface area contributed by atoms with Crippen molar-refractivity contribution in [1.82, 2.24) is 0 Å². The number of carbonyl (C=O) groups is 1. The zero-order chi connectivity index (χ0) is 16.5.